The topological polar surface area (TPSA) is 40.5 Å². The SMILES string of the molecule is OCc1ccc(O)cc1.[B][B]B(B([B])[B])B(B([B])[B])B(B([B])[B])B([B])[B]. The lowest BCUT2D eigenvalue weighted by Crippen LogP contribution is -2.76. The van der Waals surface area contributed by atoms with Crippen molar-refractivity contribution in [1.29, 1.82) is 0 Å². The van der Waals surface area contributed by atoms with Gasteiger partial charge in [-0.15, -0.1) is 0 Å². The smallest absolute Gasteiger partial charge is 0.115 e. The van der Waals surface area contributed by atoms with Gasteiger partial charge >= 0.3 is 0 Å². The fraction of sp³-hybridized carbons (Fsp3) is 0.143. The second-order valence-corrected chi connectivity index (χ2v) is 6.06. The normalized spacial score (nSPS) is 9.12. The van der Waals surface area contributed by atoms with Crippen LogP contribution < -0.4 is 0 Å². The zero-order valence-electron chi connectivity index (χ0n) is 14.7. The molecule has 19 radical (unpaired) electrons. The fourth-order valence-corrected chi connectivity index (χ4v) is 2.65. The van der Waals surface area contributed by atoms with Crippen molar-refractivity contribution in [2.45, 2.75) is 6.61 Å². The Bertz CT molecular complexity index is 473. The minimum Gasteiger partial charge on any atom is -0.508 e. The van der Waals surface area contributed by atoms with Crippen LogP contribution in [0.5, 0.6) is 5.75 Å². The highest BCUT2D eigenvalue weighted by Gasteiger charge is 2.39. The van der Waals surface area contributed by atoms with Crippen LogP contribution >= 0.6 is 0 Å². The van der Waals surface area contributed by atoms with Gasteiger partial charge in [-0.3, -0.25) is 0 Å². The van der Waals surface area contributed by atoms with Crippen LogP contribution in [-0.4, -0.2) is 132 Å². The summed E-state index contributed by atoms with van der Waals surface area (Å²) in [5, 5.41) is 17.3. The van der Waals surface area contributed by atoms with E-state index in [1.807, 2.05) is 0 Å². The molecule has 0 aliphatic rings. The highest BCUT2D eigenvalue weighted by Crippen LogP contribution is 2.08. The van der Waals surface area contributed by atoms with Crippen LogP contribution in [0, 0.1) is 0 Å². The summed E-state index contributed by atoms with van der Waals surface area (Å²) in [6.07, 6.45) is -4.66. The highest BCUT2D eigenvalue weighted by molar-refractivity contribution is 8.15. The molecule has 0 aromatic heterocycles. The Morgan fingerprint density at radius 1 is 0.731 bits per heavy atom. The van der Waals surface area contributed by atoms with Gasteiger partial charge in [0.1, 0.15) is 5.75 Å². The molecule has 19 heteroatoms. The zero-order chi connectivity index (χ0) is 20.4. The van der Waals surface area contributed by atoms with E-state index in [0.717, 1.165) is 5.56 Å². The quantitative estimate of drug-likeness (QED) is 0.470. The number of aliphatic hydroxyl groups is 1. The maximum Gasteiger partial charge on any atom is 0.115 e. The summed E-state index contributed by atoms with van der Waals surface area (Å²) in [5.41, 5.74) is 0.813. The molecule has 0 saturated carbocycles. The van der Waals surface area contributed by atoms with Gasteiger partial charge in [0.05, 0.1) is 6.61 Å². The van der Waals surface area contributed by atoms with E-state index in [1.54, 1.807) is 24.3 Å². The van der Waals surface area contributed by atoms with E-state index in [2.05, 4.69) is 0 Å². The van der Waals surface area contributed by atoms with Gasteiger partial charge in [-0.25, -0.2) is 0 Å². The minimum atomic E-state index is -0.796. The summed E-state index contributed by atoms with van der Waals surface area (Å²) in [6, 6.07) is 6.45. The number of benzene rings is 1. The van der Waals surface area contributed by atoms with E-state index in [4.69, 9.17) is 79.8 Å². The molecule has 0 atom stereocenters. The van der Waals surface area contributed by atoms with Crippen LogP contribution in [0.15, 0.2) is 24.3 Å². The average Bonchev–Trinajstić information content (AvgIpc) is 2.54. The number of phenols is 1. The molecule has 0 aliphatic heterocycles. The van der Waals surface area contributed by atoms with E-state index in [9.17, 15) is 0 Å². The first-order valence-corrected chi connectivity index (χ1v) is 8.05. The Kier molecular flexibility index (Phi) is 13.3. The number of hydrogen-bond donors (Lipinski definition) is 2. The predicted molar refractivity (Wildman–Crippen MR) is 132 cm³/mol. The molecule has 1 aromatic rings. The summed E-state index contributed by atoms with van der Waals surface area (Å²) in [7, 11) is 52.0. The molecule has 0 amide bonds. The van der Waals surface area contributed by atoms with Gasteiger partial charge in [-0.2, -0.15) is 0 Å². The molecule has 1 aromatic carbocycles. The molecular formula is C7H8B17O2. The predicted octanol–water partition coefficient (Wildman–Crippen LogP) is -5.59. The van der Waals surface area contributed by atoms with E-state index >= 15 is 0 Å². The van der Waals surface area contributed by atoms with Crippen LogP contribution in [0.2, 0.25) is 0 Å². The third-order valence-corrected chi connectivity index (χ3v) is 4.01. The molecule has 0 unspecified atom stereocenters. The summed E-state index contributed by atoms with van der Waals surface area (Å²) >= 11 is 0. The van der Waals surface area contributed by atoms with E-state index in [1.165, 1.54) is 7.06 Å². The largest absolute Gasteiger partial charge is 0.508 e. The van der Waals surface area contributed by atoms with Gasteiger partial charge in [0, 0.05) is 121 Å². The monoisotopic (exact) mass is 311 g/mol. The van der Waals surface area contributed by atoms with Crippen molar-refractivity contribution < 1.29 is 10.2 Å². The van der Waals surface area contributed by atoms with Crippen LogP contribution in [0.4, 0.5) is 0 Å². The minimum absolute atomic E-state index is 0.0281. The molecular weight excluding hydrogens is 300 g/mol. The van der Waals surface area contributed by atoms with Crippen molar-refractivity contribution in [2.24, 2.45) is 0 Å². The van der Waals surface area contributed by atoms with Gasteiger partial charge < -0.3 is 10.2 Å². The first kappa shape index (κ1) is 26.1. The maximum atomic E-state index is 8.77. The van der Waals surface area contributed by atoms with Crippen molar-refractivity contribution in [3.05, 3.63) is 29.8 Å². The average molecular weight is 308 g/mol. The lowest BCUT2D eigenvalue weighted by Gasteiger charge is -2.38. The maximum absolute atomic E-state index is 8.77. The van der Waals surface area contributed by atoms with E-state index in [0.29, 0.717) is 0 Å². The zero-order valence-corrected chi connectivity index (χ0v) is 14.7. The lowest BCUT2D eigenvalue weighted by atomic mass is 8.43. The van der Waals surface area contributed by atoms with Crippen molar-refractivity contribution >= 4 is 121 Å². The summed E-state index contributed by atoms with van der Waals surface area (Å²) in [5.74, 6) is 0.229. The van der Waals surface area contributed by atoms with Gasteiger partial charge in [-0.05, 0) is 17.7 Å². The Hall–Kier alpha value is 0.0839. The van der Waals surface area contributed by atoms with Crippen molar-refractivity contribution in [3.8, 4) is 5.75 Å². The van der Waals surface area contributed by atoms with E-state index in [-0.39, 0.29) is 12.4 Å². The molecule has 26 heavy (non-hydrogen) atoms. The second kappa shape index (κ2) is 13.3. The van der Waals surface area contributed by atoms with Gasteiger partial charge in [0.2, 0.25) is 0 Å². The fourth-order valence-electron chi connectivity index (χ4n) is 2.65. The molecule has 0 aliphatic carbocycles. The van der Waals surface area contributed by atoms with Crippen molar-refractivity contribution in [3.63, 3.8) is 0 Å². The molecule has 0 spiro atoms. The second-order valence-electron chi connectivity index (χ2n) is 6.06. The van der Waals surface area contributed by atoms with Gasteiger partial charge in [0.15, 0.2) is 0 Å². The van der Waals surface area contributed by atoms with Crippen LogP contribution in [0.3, 0.4) is 0 Å². The van der Waals surface area contributed by atoms with Gasteiger partial charge in [0.25, 0.3) is 0 Å². The van der Waals surface area contributed by atoms with E-state index < -0.39 is 44.7 Å². The van der Waals surface area contributed by atoms with Crippen molar-refractivity contribution in [2.75, 3.05) is 0 Å². The van der Waals surface area contributed by atoms with Crippen LogP contribution in [-0.2, 0) is 6.61 Å². The Morgan fingerprint density at radius 3 is 1.42 bits per heavy atom. The Balaban J connectivity index is 0.000000577. The summed E-state index contributed by atoms with van der Waals surface area (Å²) < 4.78 is 0. The number of aliphatic hydroxyl groups excluding tert-OH is 1. The van der Waals surface area contributed by atoms with Crippen molar-refractivity contribution in [1.82, 2.24) is 0 Å². The molecule has 0 bridgehead atoms. The molecule has 0 saturated heterocycles. The van der Waals surface area contributed by atoms with Crippen LogP contribution in [0.25, 0.3) is 0 Å². The van der Waals surface area contributed by atoms with Gasteiger partial charge in [-0.1, -0.05) is 12.1 Å². The number of rotatable bonds is 8. The first-order valence-electron chi connectivity index (χ1n) is 8.05. The molecule has 0 heterocycles. The third kappa shape index (κ3) is 8.85. The summed E-state index contributed by atoms with van der Waals surface area (Å²) in [6.45, 7) is 0.0281. The molecule has 0 fully saturated rings. The van der Waals surface area contributed by atoms with Crippen LogP contribution in [0.1, 0.15) is 5.56 Å². The number of aromatic hydroxyl groups is 1. The lowest BCUT2D eigenvalue weighted by molar-refractivity contribution is 0.281. The Morgan fingerprint density at radius 2 is 1.15 bits per heavy atom. The Labute approximate surface area is 173 Å². The standard InChI is InChI=1S/C7H8O2.B17/c8-5-6-1-3-7(9)4-2-6;1-10-15(11(2)3)17(14(8)9)16(12(4)5)13(6)7/h1-4,8-9H,5H2;. The number of hydrogen-bond acceptors (Lipinski definition) is 2. The molecule has 99 valence electrons. The molecule has 1 rings (SSSR count). The molecule has 2 N–H and O–H groups in total. The third-order valence-electron chi connectivity index (χ3n) is 4.01. The highest BCUT2D eigenvalue weighted by atomic mass is 16.3. The first-order chi connectivity index (χ1) is 12.1. The summed E-state index contributed by atoms with van der Waals surface area (Å²) in [4.78, 5) is 0. The number of phenolic OH excluding ortho intramolecular Hbond substituents is 1. The molecule has 2 nitrogen and oxygen atoms in total.